The van der Waals surface area contributed by atoms with Crippen molar-refractivity contribution in [3.63, 3.8) is 0 Å². The molecule has 0 unspecified atom stereocenters. The third-order valence-corrected chi connectivity index (χ3v) is 3.80. The molecule has 0 atom stereocenters. The molecule has 1 aromatic heterocycles. The molecule has 10 heteroatoms. The molecule has 1 N–H and O–H groups in total. The van der Waals surface area contributed by atoms with Crippen molar-refractivity contribution in [2.45, 2.75) is 6.92 Å². The molecule has 8 nitrogen and oxygen atoms in total. The Bertz CT molecular complexity index is 777. The highest BCUT2D eigenvalue weighted by Gasteiger charge is 2.15. The normalized spacial score (nSPS) is 10.2. The summed E-state index contributed by atoms with van der Waals surface area (Å²) < 4.78 is 4.85. The minimum atomic E-state index is -0.652. The van der Waals surface area contributed by atoms with Gasteiger partial charge in [0.2, 0.25) is 0 Å². The topological polar surface area (TPSA) is 111 Å². The Morgan fingerprint density at radius 2 is 2.22 bits per heavy atom. The van der Waals surface area contributed by atoms with E-state index in [0.29, 0.717) is 9.88 Å². The van der Waals surface area contributed by atoms with Gasteiger partial charge in [-0.2, -0.15) is 0 Å². The van der Waals surface area contributed by atoms with E-state index in [-0.39, 0.29) is 16.4 Å². The SMILES string of the molecule is Cc1ncc(C(=O)OCC(=O)Nc2ccc([N+](=O)[O-])cc2Cl)s1. The predicted octanol–water partition coefficient (Wildman–Crippen LogP) is 2.81. The second-order valence-corrected chi connectivity index (χ2v) is 5.93. The zero-order valence-electron chi connectivity index (χ0n) is 11.7. The predicted molar refractivity (Wildman–Crippen MR) is 83.9 cm³/mol. The van der Waals surface area contributed by atoms with Crippen LogP contribution in [-0.4, -0.2) is 28.4 Å². The van der Waals surface area contributed by atoms with Crippen molar-refractivity contribution >= 4 is 46.2 Å². The van der Waals surface area contributed by atoms with Crippen molar-refractivity contribution in [2.24, 2.45) is 0 Å². The van der Waals surface area contributed by atoms with Gasteiger partial charge in [0, 0.05) is 12.1 Å². The number of hydrogen-bond donors (Lipinski definition) is 1. The lowest BCUT2D eigenvalue weighted by atomic mass is 10.3. The van der Waals surface area contributed by atoms with Gasteiger partial charge in [0.15, 0.2) is 6.61 Å². The molecule has 1 amide bonds. The zero-order valence-corrected chi connectivity index (χ0v) is 13.3. The van der Waals surface area contributed by atoms with Gasteiger partial charge in [-0.1, -0.05) is 11.6 Å². The van der Waals surface area contributed by atoms with E-state index in [1.807, 2.05) is 0 Å². The number of carbonyl (C=O) groups is 2. The van der Waals surface area contributed by atoms with Gasteiger partial charge in [0.25, 0.3) is 11.6 Å². The number of anilines is 1. The number of nitro groups is 1. The minimum Gasteiger partial charge on any atom is -0.451 e. The molecule has 23 heavy (non-hydrogen) atoms. The molecule has 2 aromatic rings. The van der Waals surface area contributed by atoms with Gasteiger partial charge in [-0.05, 0) is 13.0 Å². The molecule has 2 rings (SSSR count). The Morgan fingerprint density at radius 3 is 2.78 bits per heavy atom. The van der Waals surface area contributed by atoms with E-state index in [0.717, 1.165) is 17.4 Å². The molecule has 0 saturated heterocycles. The first kappa shape index (κ1) is 16.8. The first-order valence-electron chi connectivity index (χ1n) is 6.20. The van der Waals surface area contributed by atoms with Gasteiger partial charge in [-0.25, -0.2) is 9.78 Å². The van der Waals surface area contributed by atoms with Gasteiger partial charge in [0.05, 0.1) is 26.8 Å². The van der Waals surface area contributed by atoms with Gasteiger partial charge in [-0.15, -0.1) is 11.3 Å². The molecule has 0 aliphatic heterocycles. The monoisotopic (exact) mass is 355 g/mol. The maximum Gasteiger partial charge on any atom is 0.350 e. The van der Waals surface area contributed by atoms with Crippen LogP contribution in [0, 0.1) is 17.0 Å². The standard InChI is InChI=1S/C13H10ClN3O5S/c1-7-15-5-11(23-7)13(19)22-6-12(18)16-10-3-2-8(17(20)21)4-9(10)14/h2-5H,6H2,1H3,(H,16,18). The Morgan fingerprint density at radius 1 is 1.48 bits per heavy atom. The summed E-state index contributed by atoms with van der Waals surface area (Å²) in [6.07, 6.45) is 1.37. The first-order valence-corrected chi connectivity index (χ1v) is 7.39. The average Bonchev–Trinajstić information content (AvgIpc) is 2.93. The number of thiazole rings is 1. The molecule has 0 aliphatic carbocycles. The number of nitro benzene ring substituents is 1. The quantitative estimate of drug-likeness (QED) is 0.501. The van der Waals surface area contributed by atoms with E-state index in [2.05, 4.69) is 10.3 Å². The van der Waals surface area contributed by atoms with Crippen LogP contribution in [0.2, 0.25) is 5.02 Å². The third kappa shape index (κ3) is 4.47. The molecule has 0 radical (unpaired) electrons. The van der Waals surface area contributed by atoms with Crippen molar-refractivity contribution in [3.8, 4) is 0 Å². The van der Waals surface area contributed by atoms with Gasteiger partial charge in [0.1, 0.15) is 4.88 Å². The molecule has 0 bridgehead atoms. The summed E-state index contributed by atoms with van der Waals surface area (Å²) in [4.78, 5) is 37.6. The number of ether oxygens (including phenoxy) is 1. The summed E-state index contributed by atoms with van der Waals surface area (Å²) >= 11 is 7.00. The molecule has 0 fully saturated rings. The third-order valence-electron chi connectivity index (χ3n) is 2.59. The Balaban J connectivity index is 1.92. The Labute approximate surface area is 139 Å². The van der Waals surface area contributed by atoms with E-state index in [9.17, 15) is 19.7 Å². The molecule has 120 valence electrons. The molecule has 0 saturated carbocycles. The number of esters is 1. The summed E-state index contributed by atoms with van der Waals surface area (Å²) in [6, 6.07) is 3.61. The van der Waals surface area contributed by atoms with Crippen LogP contribution in [0.25, 0.3) is 0 Å². The summed E-state index contributed by atoms with van der Waals surface area (Å²) in [6.45, 7) is 1.23. The number of hydrogen-bond acceptors (Lipinski definition) is 7. The summed E-state index contributed by atoms with van der Waals surface area (Å²) in [5.41, 5.74) is -0.00746. The second-order valence-electron chi connectivity index (χ2n) is 4.29. The fourth-order valence-corrected chi connectivity index (χ4v) is 2.46. The lowest BCUT2D eigenvalue weighted by molar-refractivity contribution is -0.384. The van der Waals surface area contributed by atoms with Crippen LogP contribution in [-0.2, 0) is 9.53 Å². The highest BCUT2D eigenvalue weighted by Crippen LogP contribution is 2.26. The van der Waals surface area contributed by atoms with Crippen LogP contribution >= 0.6 is 22.9 Å². The number of nitrogens with one attached hydrogen (secondary N) is 1. The number of aromatic nitrogens is 1. The number of aryl methyl sites for hydroxylation is 1. The number of nitrogens with zero attached hydrogens (tertiary/aromatic N) is 2. The highest BCUT2D eigenvalue weighted by atomic mass is 35.5. The largest absolute Gasteiger partial charge is 0.451 e. The maximum absolute atomic E-state index is 11.7. The summed E-state index contributed by atoms with van der Waals surface area (Å²) in [5, 5.41) is 13.7. The van der Waals surface area contributed by atoms with E-state index >= 15 is 0 Å². The van der Waals surface area contributed by atoms with Crippen LogP contribution in [0.1, 0.15) is 14.7 Å². The van der Waals surface area contributed by atoms with Crippen LogP contribution in [0.5, 0.6) is 0 Å². The number of amides is 1. The zero-order chi connectivity index (χ0) is 17.0. The lowest BCUT2D eigenvalue weighted by Crippen LogP contribution is -2.20. The van der Waals surface area contributed by atoms with Gasteiger partial charge >= 0.3 is 5.97 Å². The minimum absolute atomic E-state index is 0.0111. The van der Waals surface area contributed by atoms with E-state index < -0.39 is 23.4 Å². The van der Waals surface area contributed by atoms with E-state index in [1.165, 1.54) is 18.3 Å². The number of non-ortho nitro benzene ring substituents is 1. The Kier molecular flexibility index (Phi) is 5.24. The summed E-state index contributed by atoms with van der Waals surface area (Å²) in [7, 11) is 0. The Hall–Kier alpha value is -2.52. The van der Waals surface area contributed by atoms with Crippen molar-refractivity contribution in [3.05, 3.63) is 49.4 Å². The van der Waals surface area contributed by atoms with Crippen LogP contribution in [0.3, 0.4) is 0 Å². The molecule has 0 aliphatic rings. The number of halogens is 1. The molecule has 1 heterocycles. The van der Waals surface area contributed by atoms with Crippen LogP contribution in [0.4, 0.5) is 11.4 Å². The average molecular weight is 356 g/mol. The lowest BCUT2D eigenvalue weighted by Gasteiger charge is -2.07. The first-order chi connectivity index (χ1) is 10.9. The van der Waals surface area contributed by atoms with Crippen molar-refractivity contribution in [1.29, 1.82) is 0 Å². The fraction of sp³-hybridized carbons (Fsp3) is 0.154. The molecule has 1 aromatic carbocycles. The van der Waals surface area contributed by atoms with Crippen molar-refractivity contribution in [2.75, 3.05) is 11.9 Å². The smallest absolute Gasteiger partial charge is 0.350 e. The van der Waals surface area contributed by atoms with Gasteiger partial charge in [-0.3, -0.25) is 14.9 Å². The van der Waals surface area contributed by atoms with Crippen molar-refractivity contribution < 1.29 is 19.2 Å². The maximum atomic E-state index is 11.7. The molecule has 0 spiro atoms. The van der Waals surface area contributed by atoms with E-state index in [4.69, 9.17) is 16.3 Å². The molecular weight excluding hydrogens is 346 g/mol. The number of rotatable bonds is 5. The van der Waals surface area contributed by atoms with Crippen molar-refractivity contribution in [1.82, 2.24) is 4.98 Å². The fourth-order valence-electron chi connectivity index (χ4n) is 1.56. The molecular formula is C13H10ClN3O5S. The second kappa shape index (κ2) is 7.16. The van der Waals surface area contributed by atoms with Crippen LogP contribution in [0.15, 0.2) is 24.4 Å². The van der Waals surface area contributed by atoms with Crippen LogP contribution < -0.4 is 5.32 Å². The summed E-state index contributed by atoms with van der Waals surface area (Å²) in [5.74, 6) is -1.27. The number of benzene rings is 1. The van der Waals surface area contributed by atoms with Gasteiger partial charge < -0.3 is 10.1 Å². The highest BCUT2D eigenvalue weighted by molar-refractivity contribution is 7.13. The number of carbonyl (C=O) groups excluding carboxylic acids is 2. The van der Waals surface area contributed by atoms with E-state index in [1.54, 1.807) is 6.92 Å².